The number of aliphatic imine (C=N–C) groups is 1. The van der Waals surface area contributed by atoms with Gasteiger partial charge < -0.3 is 5.11 Å². The maximum absolute atomic E-state index is 10.8. The quantitative estimate of drug-likeness (QED) is 0.567. The minimum atomic E-state index is -1.06. The Morgan fingerprint density at radius 3 is 2.40 bits per heavy atom. The lowest BCUT2D eigenvalue weighted by molar-refractivity contribution is -0.115. The summed E-state index contributed by atoms with van der Waals surface area (Å²) in [5, 5.41) is 9.32. The van der Waals surface area contributed by atoms with Crippen LogP contribution in [0.15, 0.2) is 16.6 Å². The van der Waals surface area contributed by atoms with Gasteiger partial charge >= 0.3 is 0 Å². The Kier molecular flexibility index (Phi) is 1.45. The SMILES string of the molecule is CC(C)(O)C1=CC=NC1=O. The average molecular weight is 139 g/mol. The van der Waals surface area contributed by atoms with E-state index in [1.165, 1.54) is 12.3 Å². The topological polar surface area (TPSA) is 49.7 Å². The molecule has 1 aliphatic heterocycles. The summed E-state index contributed by atoms with van der Waals surface area (Å²) in [6, 6.07) is 0. The summed E-state index contributed by atoms with van der Waals surface area (Å²) in [6.45, 7) is 3.12. The number of hydrogen-bond acceptors (Lipinski definition) is 2. The Labute approximate surface area is 59.1 Å². The van der Waals surface area contributed by atoms with E-state index < -0.39 is 5.60 Å². The van der Waals surface area contributed by atoms with Crippen molar-refractivity contribution in [3.63, 3.8) is 0 Å². The Balaban J connectivity index is 2.88. The van der Waals surface area contributed by atoms with E-state index in [1.54, 1.807) is 13.8 Å². The average Bonchev–Trinajstić information content (AvgIpc) is 2.11. The van der Waals surface area contributed by atoms with Crippen LogP contribution >= 0.6 is 0 Å². The first-order chi connectivity index (χ1) is 4.52. The molecular weight excluding hydrogens is 130 g/mol. The van der Waals surface area contributed by atoms with Gasteiger partial charge in [0.2, 0.25) is 0 Å². The fourth-order valence-corrected chi connectivity index (χ4v) is 0.786. The number of rotatable bonds is 1. The zero-order valence-corrected chi connectivity index (χ0v) is 5.96. The van der Waals surface area contributed by atoms with Crippen LogP contribution in [0.25, 0.3) is 0 Å². The van der Waals surface area contributed by atoms with E-state index in [4.69, 9.17) is 0 Å². The van der Waals surface area contributed by atoms with E-state index in [2.05, 4.69) is 4.99 Å². The van der Waals surface area contributed by atoms with Gasteiger partial charge in [-0.05, 0) is 19.9 Å². The lowest BCUT2D eigenvalue weighted by Crippen LogP contribution is -2.25. The summed E-state index contributed by atoms with van der Waals surface area (Å²) < 4.78 is 0. The van der Waals surface area contributed by atoms with Crippen LogP contribution in [-0.4, -0.2) is 22.8 Å². The van der Waals surface area contributed by atoms with Gasteiger partial charge in [-0.15, -0.1) is 0 Å². The molecule has 0 atom stereocenters. The van der Waals surface area contributed by atoms with Crippen molar-refractivity contribution in [3.05, 3.63) is 11.6 Å². The molecule has 1 rings (SSSR count). The molecule has 54 valence electrons. The first-order valence-electron chi connectivity index (χ1n) is 3.03. The molecule has 0 bridgehead atoms. The van der Waals surface area contributed by atoms with Gasteiger partial charge in [0.05, 0.1) is 11.2 Å². The van der Waals surface area contributed by atoms with Gasteiger partial charge in [-0.1, -0.05) is 0 Å². The van der Waals surface area contributed by atoms with Crippen LogP contribution in [0.4, 0.5) is 0 Å². The van der Waals surface area contributed by atoms with E-state index in [9.17, 15) is 9.90 Å². The standard InChI is InChI=1S/C7H9NO2/c1-7(2,10)5-3-4-8-6(5)9/h3-4,10H,1-2H3. The predicted octanol–water partition coefficient (Wildman–Crippen LogP) is 0.295. The predicted molar refractivity (Wildman–Crippen MR) is 37.9 cm³/mol. The van der Waals surface area contributed by atoms with E-state index in [0.717, 1.165) is 0 Å². The third-order valence-electron chi connectivity index (χ3n) is 1.32. The van der Waals surface area contributed by atoms with Gasteiger partial charge in [0.1, 0.15) is 0 Å². The van der Waals surface area contributed by atoms with Gasteiger partial charge in [0, 0.05) is 6.21 Å². The van der Waals surface area contributed by atoms with Gasteiger partial charge in [0.25, 0.3) is 5.91 Å². The van der Waals surface area contributed by atoms with Gasteiger partial charge in [-0.25, -0.2) is 4.99 Å². The molecule has 10 heavy (non-hydrogen) atoms. The lowest BCUT2D eigenvalue weighted by Gasteiger charge is -2.15. The highest BCUT2D eigenvalue weighted by Crippen LogP contribution is 2.18. The summed E-state index contributed by atoms with van der Waals surface area (Å²) in [5.41, 5.74) is -0.708. The normalized spacial score (nSPS) is 17.9. The molecule has 3 heteroatoms. The molecule has 1 aliphatic rings. The molecular formula is C7H9NO2. The highest BCUT2D eigenvalue weighted by atomic mass is 16.3. The molecule has 0 radical (unpaired) electrons. The summed E-state index contributed by atoms with van der Waals surface area (Å²) >= 11 is 0. The first-order valence-corrected chi connectivity index (χ1v) is 3.03. The zero-order chi connectivity index (χ0) is 7.78. The third-order valence-corrected chi connectivity index (χ3v) is 1.32. The molecule has 0 fully saturated rings. The van der Waals surface area contributed by atoms with Crippen LogP contribution in [0.3, 0.4) is 0 Å². The molecule has 0 spiro atoms. The van der Waals surface area contributed by atoms with E-state index in [-0.39, 0.29) is 5.91 Å². The van der Waals surface area contributed by atoms with Crippen molar-refractivity contribution in [1.29, 1.82) is 0 Å². The molecule has 0 aromatic heterocycles. The van der Waals surface area contributed by atoms with Crippen molar-refractivity contribution in [2.75, 3.05) is 0 Å². The second-order valence-electron chi connectivity index (χ2n) is 2.72. The minimum Gasteiger partial charge on any atom is -0.386 e. The number of hydrogen-bond donors (Lipinski definition) is 1. The fourth-order valence-electron chi connectivity index (χ4n) is 0.786. The molecule has 3 nitrogen and oxygen atoms in total. The molecule has 0 unspecified atom stereocenters. The number of aliphatic hydroxyl groups is 1. The number of amides is 1. The Morgan fingerprint density at radius 1 is 1.60 bits per heavy atom. The number of allylic oxidation sites excluding steroid dienone is 1. The van der Waals surface area contributed by atoms with Crippen LogP contribution in [0.5, 0.6) is 0 Å². The minimum absolute atomic E-state index is 0.340. The molecule has 0 saturated heterocycles. The van der Waals surface area contributed by atoms with Crippen LogP contribution in [0.2, 0.25) is 0 Å². The van der Waals surface area contributed by atoms with Gasteiger partial charge in [-0.2, -0.15) is 0 Å². The Hall–Kier alpha value is -0.960. The maximum Gasteiger partial charge on any atom is 0.275 e. The number of carbonyl (C=O) groups excluding carboxylic acids is 1. The van der Waals surface area contributed by atoms with E-state index in [0.29, 0.717) is 5.57 Å². The summed E-state index contributed by atoms with van der Waals surface area (Å²) in [5.74, 6) is -0.340. The Bertz CT molecular complexity index is 220. The third kappa shape index (κ3) is 1.14. The van der Waals surface area contributed by atoms with Crippen molar-refractivity contribution in [1.82, 2.24) is 0 Å². The molecule has 1 N–H and O–H groups in total. The lowest BCUT2D eigenvalue weighted by atomic mass is 9.99. The maximum atomic E-state index is 10.8. The Morgan fingerprint density at radius 2 is 2.20 bits per heavy atom. The van der Waals surface area contributed by atoms with Crippen molar-refractivity contribution < 1.29 is 9.90 Å². The smallest absolute Gasteiger partial charge is 0.275 e. The van der Waals surface area contributed by atoms with Crippen LogP contribution in [0.1, 0.15) is 13.8 Å². The fraction of sp³-hybridized carbons (Fsp3) is 0.429. The molecule has 1 heterocycles. The largest absolute Gasteiger partial charge is 0.386 e. The first kappa shape index (κ1) is 7.15. The molecule has 0 saturated carbocycles. The van der Waals surface area contributed by atoms with Crippen LogP contribution in [0, 0.1) is 0 Å². The molecule has 0 aliphatic carbocycles. The second kappa shape index (κ2) is 2.02. The van der Waals surface area contributed by atoms with Gasteiger partial charge in [0.15, 0.2) is 0 Å². The number of carbonyl (C=O) groups is 1. The molecule has 0 aromatic rings. The highest BCUT2D eigenvalue weighted by molar-refractivity contribution is 6.08. The van der Waals surface area contributed by atoms with Crippen LogP contribution in [-0.2, 0) is 4.79 Å². The molecule has 1 amide bonds. The summed E-state index contributed by atoms with van der Waals surface area (Å²) in [6.07, 6.45) is 2.93. The van der Waals surface area contributed by atoms with Crippen LogP contribution < -0.4 is 0 Å². The second-order valence-corrected chi connectivity index (χ2v) is 2.72. The monoisotopic (exact) mass is 139 g/mol. The highest BCUT2D eigenvalue weighted by Gasteiger charge is 2.26. The van der Waals surface area contributed by atoms with Gasteiger partial charge in [-0.3, -0.25) is 4.79 Å². The zero-order valence-electron chi connectivity index (χ0n) is 5.96. The van der Waals surface area contributed by atoms with E-state index in [1.807, 2.05) is 0 Å². The van der Waals surface area contributed by atoms with Crippen molar-refractivity contribution >= 4 is 12.1 Å². The molecule has 0 aromatic carbocycles. The van der Waals surface area contributed by atoms with Crippen molar-refractivity contribution in [2.24, 2.45) is 4.99 Å². The summed E-state index contributed by atoms with van der Waals surface area (Å²) in [7, 11) is 0. The van der Waals surface area contributed by atoms with Crippen molar-refractivity contribution in [2.45, 2.75) is 19.4 Å². The summed E-state index contributed by atoms with van der Waals surface area (Å²) in [4.78, 5) is 14.3. The van der Waals surface area contributed by atoms with Crippen molar-refractivity contribution in [3.8, 4) is 0 Å². The number of nitrogens with zero attached hydrogens (tertiary/aromatic N) is 1. The van der Waals surface area contributed by atoms with E-state index >= 15 is 0 Å².